The summed E-state index contributed by atoms with van der Waals surface area (Å²) in [5.74, 6) is 6.87. The summed E-state index contributed by atoms with van der Waals surface area (Å²) in [5, 5.41) is 0. The van der Waals surface area contributed by atoms with E-state index in [1.807, 2.05) is 20.0 Å². The minimum absolute atomic E-state index is 0.291. The molecule has 0 saturated heterocycles. The van der Waals surface area contributed by atoms with Gasteiger partial charge in [0.25, 0.3) is 0 Å². The normalized spacial score (nSPS) is 25.4. The first-order chi connectivity index (χ1) is 15.0. The van der Waals surface area contributed by atoms with Gasteiger partial charge in [0.1, 0.15) is 5.84 Å². The highest BCUT2D eigenvalue weighted by atomic mass is 16.5. The third-order valence-corrected chi connectivity index (χ3v) is 6.55. The lowest BCUT2D eigenvalue weighted by Crippen LogP contribution is -2.36. The maximum Gasteiger partial charge on any atom is 0.181 e. The average molecular weight is 415 g/mol. The molecule has 0 spiro atoms. The van der Waals surface area contributed by atoms with Crippen LogP contribution < -0.4 is 5.73 Å². The van der Waals surface area contributed by atoms with Gasteiger partial charge in [-0.25, -0.2) is 4.99 Å². The zero-order valence-electron chi connectivity index (χ0n) is 18.8. The summed E-state index contributed by atoms with van der Waals surface area (Å²) < 4.78 is 5.60. The first kappa shape index (κ1) is 21.3. The molecule has 2 aliphatic rings. The average Bonchev–Trinajstić information content (AvgIpc) is 3.09. The Bertz CT molecular complexity index is 1080. The predicted molar refractivity (Wildman–Crippen MR) is 126 cm³/mol. The Morgan fingerprint density at radius 3 is 2.45 bits per heavy atom. The number of aromatic nitrogens is 1. The second-order valence-electron chi connectivity index (χ2n) is 8.50. The number of ether oxygens (including phenoxy) is 1. The van der Waals surface area contributed by atoms with Crippen molar-refractivity contribution in [2.24, 2.45) is 21.6 Å². The van der Waals surface area contributed by atoms with Crippen molar-refractivity contribution >= 4 is 11.5 Å². The van der Waals surface area contributed by atoms with E-state index >= 15 is 0 Å². The van der Waals surface area contributed by atoms with Crippen molar-refractivity contribution in [2.45, 2.75) is 58.2 Å². The number of rotatable bonds is 4. The van der Waals surface area contributed by atoms with Gasteiger partial charge in [0.2, 0.25) is 0 Å². The number of pyridine rings is 1. The van der Waals surface area contributed by atoms with E-state index in [2.05, 4.69) is 48.0 Å². The van der Waals surface area contributed by atoms with Crippen LogP contribution in [0.5, 0.6) is 0 Å². The fourth-order valence-corrected chi connectivity index (χ4v) is 4.83. The van der Waals surface area contributed by atoms with Gasteiger partial charge in [0.15, 0.2) is 5.66 Å². The number of aliphatic imine (C=N–C) groups is 2. The highest BCUT2D eigenvalue weighted by molar-refractivity contribution is 6.41. The van der Waals surface area contributed by atoms with Crippen molar-refractivity contribution in [3.05, 3.63) is 53.3 Å². The van der Waals surface area contributed by atoms with Crippen LogP contribution in [0.3, 0.4) is 0 Å². The van der Waals surface area contributed by atoms with Crippen molar-refractivity contribution in [1.29, 1.82) is 0 Å². The van der Waals surface area contributed by atoms with E-state index in [-0.39, 0.29) is 0 Å². The SMILES string of the molecule is CC#Cc1cncc(-c2ccc(C)c([C@]3(C4CCC(OC)CC4)N=C(C)C(N)=N3)c2)c1. The molecule has 1 aliphatic heterocycles. The first-order valence-electron chi connectivity index (χ1n) is 10.9. The highest BCUT2D eigenvalue weighted by Crippen LogP contribution is 2.47. The molecule has 4 rings (SSSR count). The Morgan fingerprint density at radius 1 is 1.03 bits per heavy atom. The minimum Gasteiger partial charge on any atom is -0.382 e. The van der Waals surface area contributed by atoms with Crippen LogP contribution in [-0.4, -0.2) is 29.7 Å². The van der Waals surface area contributed by atoms with Crippen LogP contribution in [0.25, 0.3) is 11.1 Å². The third-order valence-electron chi connectivity index (χ3n) is 6.55. The van der Waals surface area contributed by atoms with Crippen molar-refractivity contribution in [1.82, 2.24) is 4.98 Å². The molecule has 1 aromatic carbocycles. The Kier molecular flexibility index (Phi) is 5.93. The van der Waals surface area contributed by atoms with Gasteiger partial charge >= 0.3 is 0 Å². The van der Waals surface area contributed by atoms with Crippen LogP contribution in [0, 0.1) is 24.7 Å². The Balaban J connectivity index is 1.81. The molecule has 2 heterocycles. The Morgan fingerprint density at radius 2 is 1.81 bits per heavy atom. The summed E-state index contributed by atoms with van der Waals surface area (Å²) in [7, 11) is 1.80. The number of aryl methyl sites for hydroxylation is 1. The van der Waals surface area contributed by atoms with Gasteiger partial charge in [-0.05, 0) is 69.7 Å². The van der Waals surface area contributed by atoms with E-state index in [0.717, 1.165) is 53.6 Å². The second-order valence-corrected chi connectivity index (χ2v) is 8.50. The molecular weight excluding hydrogens is 384 g/mol. The smallest absolute Gasteiger partial charge is 0.181 e. The number of methoxy groups -OCH3 is 1. The summed E-state index contributed by atoms with van der Waals surface area (Å²) in [4.78, 5) is 14.5. The minimum atomic E-state index is -0.665. The Hall–Kier alpha value is -2.97. The fourth-order valence-electron chi connectivity index (χ4n) is 4.83. The zero-order valence-corrected chi connectivity index (χ0v) is 18.8. The number of hydrogen-bond donors (Lipinski definition) is 1. The molecule has 0 amide bonds. The number of nitrogens with two attached hydrogens (primary N) is 1. The van der Waals surface area contributed by atoms with E-state index in [4.69, 9.17) is 20.5 Å². The highest BCUT2D eigenvalue weighted by Gasteiger charge is 2.46. The summed E-state index contributed by atoms with van der Waals surface area (Å²) in [6, 6.07) is 8.58. The van der Waals surface area contributed by atoms with Crippen LogP contribution in [-0.2, 0) is 10.4 Å². The molecule has 2 N–H and O–H groups in total. The molecule has 1 aliphatic carbocycles. The molecule has 0 radical (unpaired) electrons. The molecule has 1 fully saturated rings. The van der Waals surface area contributed by atoms with Crippen LogP contribution in [0.15, 0.2) is 46.6 Å². The fraction of sp³-hybridized carbons (Fsp3) is 0.423. The molecule has 0 unspecified atom stereocenters. The molecule has 31 heavy (non-hydrogen) atoms. The van der Waals surface area contributed by atoms with E-state index in [9.17, 15) is 0 Å². The van der Waals surface area contributed by atoms with Gasteiger partial charge < -0.3 is 10.5 Å². The van der Waals surface area contributed by atoms with Crippen LogP contribution in [0.2, 0.25) is 0 Å². The summed E-state index contributed by atoms with van der Waals surface area (Å²) in [6.07, 6.45) is 8.06. The van der Waals surface area contributed by atoms with Crippen molar-refractivity contribution in [3.8, 4) is 23.0 Å². The summed E-state index contributed by atoms with van der Waals surface area (Å²) in [6.45, 7) is 5.92. The van der Waals surface area contributed by atoms with Gasteiger partial charge in [-0.2, -0.15) is 0 Å². The summed E-state index contributed by atoms with van der Waals surface area (Å²) in [5.41, 5.74) is 11.8. The lowest BCUT2D eigenvalue weighted by atomic mass is 9.74. The van der Waals surface area contributed by atoms with E-state index < -0.39 is 5.66 Å². The standard InChI is InChI=1S/C26H30N4O/c1-5-6-19-13-21(16-28-15-19)20-8-7-17(2)24(14-20)26(29-18(3)25(27)30-26)22-9-11-23(31-4)12-10-22/h7-8,13-16,22-23H,9-12H2,1-4H3,(H2,27,30)/t22?,23?,26-/m1/s1. The molecule has 1 atom stereocenters. The predicted octanol–water partition coefficient (Wildman–Crippen LogP) is 4.62. The van der Waals surface area contributed by atoms with E-state index in [0.29, 0.717) is 17.9 Å². The molecular formula is C26H30N4O. The van der Waals surface area contributed by atoms with Gasteiger partial charge in [0.05, 0.1) is 11.8 Å². The maximum absolute atomic E-state index is 6.27. The van der Waals surface area contributed by atoms with Crippen LogP contribution >= 0.6 is 0 Å². The second kappa shape index (κ2) is 8.64. The van der Waals surface area contributed by atoms with Crippen molar-refractivity contribution in [3.63, 3.8) is 0 Å². The lowest BCUT2D eigenvalue weighted by molar-refractivity contribution is 0.0426. The number of nitrogens with zero attached hydrogens (tertiary/aromatic N) is 3. The van der Waals surface area contributed by atoms with Gasteiger partial charge in [0, 0.05) is 42.1 Å². The largest absolute Gasteiger partial charge is 0.382 e. The molecule has 2 aromatic rings. The molecule has 1 aromatic heterocycles. The number of benzene rings is 1. The van der Waals surface area contributed by atoms with Crippen molar-refractivity contribution < 1.29 is 4.74 Å². The quantitative estimate of drug-likeness (QED) is 0.742. The Labute approximate surface area is 184 Å². The molecule has 1 saturated carbocycles. The lowest BCUT2D eigenvalue weighted by Gasteiger charge is -2.38. The van der Waals surface area contributed by atoms with Gasteiger partial charge in [-0.1, -0.05) is 18.1 Å². The van der Waals surface area contributed by atoms with Gasteiger partial charge in [-0.15, -0.1) is 5.92 Å². The number of hydrogen-bond acceptors (Lipinski definition) is 5. The maximum atomic E-state index is 6.27. The number of amidine groups is 1. The zero-order chi connectivity index (χ0) is 22.0. The summed E-state index contributed by atoms with van der Waals surface area (Å²) >= 11 is 0. The monoisotopic (exact) mass is 414 g/mol. The van der Waals surface area contributed by atoms with E-state index in [1.54, 1.807) is 13.3 Å². The van der Waals surface area contributed by atoms with Crippen LogP contribution in [0.1, 0.15) is 56.2 Å². The molecule has 5 nitrogen and oxygen atoms in total. The topological polar surface area (TPSA) is 72.9 Å². The van der Waals surface area contributed by atoms with Crippen molar-refractivity contribution in [2.75, 3.05) is 7.11 Å². The molecule has 0 bridgehead atoms. The van der Waals surface area contributed by atoms with E-state index in [1.165, 1.54) is 5.56 Å². The molecule has 160 valence electrons. The first-order valence-corrected chi connectivity index (χ1v) is 10.9. The van der Waals surface area contributed by atoms with Gasteiger partial charge in [-0.3, -0.25) is 9.98 Å². The molecule has 5 heteroatoms. The van der Waals surface area contributed by atoms with Crippen LogP contribution in [0.4, 0.5) is 0 Å². The third kappa shape index (κ3) is 4.00.